The van der Waals surface area contributed by atoms with Crippen LogP contribution < -0.4 is 10.1 Å². The zero-order valence-corrected chi connectivity index (χ0v) is 11.5. The van der Waals surface area contributed by atoms with Gasteiger partial charge in [-0.15, -0.1) is 0 Å². The van der Waals surface area contributed by atoms with Crippen LogP contribution in [0.5, 0.6) is 5.75 Å². The maximum absolute atomic E-state index is 11.5. The lowest BCUT2D eigenvalue weighted by molar-refractivity contribution is 0.0522. The van der Waals surface area contributed by atoms with Gasteiger partial charge in [0.25, 0.3) is 0 Å². The largest absolute Gasteiger partial charge is 0.495 e. The number of methoxy groups -OCH3 is 1. The average molecular weight is 252 g/mol. The molecule has 0 aliphatic carbocycles. The molecule has 0 radical (unpaired) electrons. The van der Waals surface area contributed by atoms with Crippen molar-refractivity contribution in [3.8, 4) is 5.75 Å². The second-order valence-electron chi connectivity index (χ2n) is 4.96. The Morgan fingerprint density at radius 2 is 2.06 bits per heavy atom. The lowest BCUT2D eigenvalue weighted by Crippen LogP contribution is -2.32. The molecule has 100 valence electrons. The molecular formula is C13H20N2O3. The fraction of sp³-hybridized carbons (Fsp3) is 0.538. The van der Waals surface area contributed by atoms with Crippen LogP contribution in [-0.2, 0) is 11.3 Å². The predicted molar refractivity (Wildman–Crippen MR) is 68.6 cm³/mol. The van der Waals surface area contributed by atoms with Crippen LogP contribution in [0.15, 0.2) is 12.1 Å². The molecule has 0 bridgehead atoms. The summed E-state index contributed by atoms with van der Waals surface area (Å²) >= 11 is 0. The van der Waals surface area contributed by atoms with Crippen molar-refractivity contribution in [3.63, 3.8) is 0 Å². The van der Waals surface area contributed by atoms with Crippen LogP contribution in [0.2, 0.25) is 0 Å². The highest BCUT2D eigenvalue weighted by Gasteiger charge is 2.16. The molecule has 1 amide bonds. The molecule has 1 aromatic heterocycles. The maximum atomic E-state index is 11.5. The molecule has 0 saturated heterocycles. The number of hydrogen-bond donors (Lipinski definition) is 1. The van der Waals surface area contributed by atoms with Crippen molar-refractivity contribution in [1.82, 2.24) is 10.3 Å². The van der Waals surface area contributed by atoms with E-state index in [4.69, 9.17) is 9.47 Å². The molecule has 0 aliphatic rings. The highest BCUT2D eigenvalue weighted by atomic mass is 16.6. The first kappa shape index (κ1) is 14.3. The summed E-state index contributed by atoms with van der Waals surface area (Å²) in [6, 6.07) is 3.68. The molecule has 5 heteroatoms. The topological polar surface area (TPSA) is 60.5 Å². The Hall–Kier alpha value is -1.78. The molecular weight excluding hydrogens is 232 g/mol. The van der Waals surface area contributed by atoms with Crippen molar-refractivity contribution in [3.05, 3.63) is 23.5 Å². The molecule has 1 heterocycles. The summed E-state index contributed by atoms with van der Waals surface area (Å²) in [7, 11) is 1.57. The molecule has 18 heavy (non-hydrogen) atoms. The Labute approximate surface area is 108 Å². The van der Waals surface area contributed by atoms with Gasteiger partial charge in [-0.25, -0.2) is 4.79 Å². The van der Waals surface area contributed by atoms with Gasteiger partial charge >= 0.3 is 6.09 Å². The number of ether oxygens (including phenoxy) is 2. The van der Waals surface area contributed by atoms with Gasteiger partial charge in [0.2, 0.25) is 0 Å². The summed E-state index contributed by atoms with van der Waals surface area (Å²) in [5.74, 6) is 0.650. The average Bonchev–Trinajstić information content (AvgIpc) is 2.24. The zero-order valence-electron chi connectivity index (χ0n) is 11.5. The van der Waals surface area contributed by atoms with Gasteiger partial charge in [0.15, 0.2) is 0 Å². The van der Waals surface area contributed by atoms with Gasteiger partial charge in [0.1, 0.15) is 17.0 Å². The number of aryl methyl sites for hydroxylation is 1. The first-order valence-electron chi connectivity index (χ1n) is 5.79. The molecule has 1 rings (SSSR count). The minimum absolute atomic E-state index is 0.278. The van der Waals surface area contributed by atoms with Crippen LogP contribution in [0.3, 0.4) is 0 Å². The number of hydrogen-bond acceptors (Lipinski definition) is 4. The highest BCUT2D eigenvalue weighted by Crippen LogP contribution is 2.16. The van der Waals surface area contributed by atoms with Gasteiger partial charge in [-0.05, 0) is 39.8 Å². The van der Waals surface area contributed by atoms with E-state index < -0.39 is 11.7 Å². The van der Waals surface area contributed by atoms with E-state index in [1.165, 1.54) is 0 Å². The zero-order chi connectivity index (χ0) is 13.8. The van der Waals surface area contributed by atoms with Gasteiger partial charge in [0, 0.05) is 5.69 Å². The van der Waals surface area contributed by atoms with Gasteiger partial charge in [-0.3, -0.25) is 4.98 Å². The van der Waals surface area contributed by atoms with E-state index in [2.05, 4.69) is 10.3 Å². The van der Waals surface area contributed by atoms with E-state index in [0.29, 0.717) is 11.4 Å². The van der Waals surface area contributed by atoms with Crippen LogP contribution in [0.1, 0.15) is 32.2 Å². The Bertz CT molecular complexity index is 425. The van der Waals surface area contributed by atoms with E-state index in [9.17, 15) is 4.79 Å². The van der Waals surface area contributed by atoms with Crippen LogP contribution in [0, 0.1) is 6.92 Å². The molecule has 0 saturated carbocycles. The van der Waals surface area contributed by atoms with Crippen LogP contribution in [0.4, 0.5) is 4.79 Å². The van der Waals surface area contributed by atoms with Gasteiger partial charge in [0.05, 0.1) is 13.7 Å². The summed E-state index contributed by atoms with van der Waals surface area (Å²) < 4.78 is 10.3. The number of nitrogens with zero attached hydrogens (tertiary/aromatic N) is 1. The highest BCUT2D eigenvalue weighted by molar-refractivity contribution is 5.67. The number of nitrogens with one attached hydrogen (secondary N) is 1. The smallest absolute Gasteiger partial charge is 0.407 e. The summed E-state index contributed by atoms with van der Waals surface area (Å²) in [4.78, 5) is 15.8. The molecule has 0 aliphatic heterocycles. The fourth-order valence-corrected chi connectivity index (χ4v) is 1.38. The summed E-state index contributed by atoms with van der Waals surface area (Å²) in [5, 5.41) is 2.65. The molecule has 1 aromatic rings. The van der Waals surface area contributed by atoms with Crippen molar-refractivity contribution in [1.29, 1.82) is 0 Å². The molecule has 0 spiro atoms. The summed E-state index contributed by atoms with van der Waals surface area (Å²) in [5.41, 5.74) is 1.05. The first-order chi connectivity index (χ1) is 8.31. The van der Waals surface area contributed by atoms with Crippen molar-refractivity contribution in [2.75, 3.05) is 7.11 Å². The molecule has 0 atom stereocenters. The number of aromatic nitrogens is 1. The molecule has 5 nitrogen and oxygen atoms in total. The van der Waals surface area contributed by atoms with Crippen LogP contribution in [-0.4, -0.2) is 23.8 Å². The number of pyridine rings is 1. The summed E-state index contributed by atoms with van der Waals surface area (Å²) in [6.45, 7) is 7.62. The predicted octanol–water partition coefficient (Wildman–Crippen LogP) is 2.42. The van der Waals surface area contributed by atoms with E-state index in [1.807, 2.05) is 39.8 Å². The second-order valence-corrected chi connectivity index (χ2v) is 4.96. The number of alkyl carbamates (subject to hydrolysis) is 1. The summed E-state index contributed by atoms with van der Waals surface area (Å²) in [6.07, 6.45) is -0.465. The minimum atomic E-state index is -0.506. The Balaban J connectivity index is 2.63. The molecule has 1 N–H and O–H groups in total. The normalized spacial score (nSPS) is 10.9. The standard InChI is InChI=1S/C13H20N2O3/c1-9-6-7-11(17-5)10(15-9)8-14-12(16)18-13(2,3)4/h6-7H,8H2,1-5H3,(H,14,16). The monoisotopic (exact) mass is 252 g/mol. The maximum Gasteiger partial charge on any atom is 0.407 e. The van der Waals surface area contributed by atoms with Crippen molar-refractivity contribution in [2.24, 2.45) is 0 Å². The van der Waals surface area contributed by atoms with Crippen LogP contribution in [0.25, 0.3) is 0 Å². The molecule has 0 unspecified atom stereocenters. The Morgan fingerprint density at radius 1 is 1.39 bits per heavy atom. The number of rotatable bonds is 3. The number of carbonyl (C=O) groups is 1. The third-order valence-electron chi connectivity index (χ3n) is 2.09. The van der Waals surface area contributed by atoms with Crippen LogP contribution >= 0.6 is 0 Å². The van der Waals surface area contributed by atoms with E-state index in [0.717, 1.165) is 5.69 Å². The Kier molecular flexibility index (Phi) is 4.53. The number of carbonyl (C=O) groups excluding carboxylic acids is 1. The second kappa shape index (κ2) is 5.71. The third kappa shape index (κ3) is 4.61. The van der Waals surface area contributed by atoms with Gasteiger partial charge in [-0.1, -0.05) is 0 Å². The lowest BCUT2D eigenvalue weighted by Gasteiger charge is -2.19. The third-order valence-corrected chi connectivity index (χ3v) is 2.09. The first-order valence-corrected chi connectivity index (χ1v) is 5.79. The van der Waals surface area contributed by atoms with Crippen molar-refractivity contribution < 1.29 is 14.3 Å². The molecule has 0 aromatic carbocycles. The fourth-order valence-electron chi connectivity index (χ4n) is 1.38. The van der Waals surface area contributed by atoms with E-state index in [-0.39, 0.29) is 6.54 Å². The minimum Gasteiger partial charge on any atom is -0.495 e. The van der Waals surface area contributed by atoms with E-state index in [1.54, 1.807) is 7.11 Å². The quantitative estimate of drug-likeness (QED) is 0.897. The SMILES string of the molecule is COc1ccc(C)nc1CNC(=O)OC(C)(C)C. The van der Waals surface area contributed by atoms with Crippen molar-refractivity contribution >= 4 is 6.09 Å². The van der Waals surface area contributed by atoms with Gasteiger partial charge < -0.3 is 14.8 Å². The van der Waals surface area contributed by atoms with Crippen molar-refractivity contribution in [2.45, 2.75) is 39.8 Å². The van der Waals surface area contributed by atoms with E-state index >= 15 is 0 Å². The Morgan fingerprint density at radius 3 is 2.61 bits per heavy atom. The van der Waals surface area contributed by atoms with Gasteiger partial charge in [-0.2, -0.15) is 0 Å². The lowest BCUT2D eigenvalue weighted by atomic mass is 10.2. The molecule has 0 fully saturated rings. The number of amides is 1.